The quantitative estimate of drug-likeness (QED) is 0.453. The number of nitrogens with zero attached hydrogens (tertiary/aromatic N) is 2. The summed E-state index contributed by atoms with van der Waals surface area (Å²) < 4.78 is 0. The Labute approximate surface area is 119 Å². The Hall–Kier alpha value is -0.587. The molecule has 0 aromatic heterocycles. The maximum atomic E-state index is 7.75. The van der Waals surface area contributed by atoms with E-state index in [1.54, 1.807) is 0 Å². The molecule has 0 rings (SSSR count). The van der Waals surface area contributed by atoms with E-state index in [2.05, 4.69) is 57.9 Å². The first-order valence-corrected chi connectivity index (χ1v) is 4.87. The van der Waals surface area contributed by atoms with Crippen LogP contribution >= 0.6 is 0 Å². The summed E-state index contributed by atoms with van der Waals surface area (Å²) in [5, 5.41) is 0. The first kappa shape index (κ1) is 29.9. The summed E-state index contributed by atoms with van der Waals surface area (Å²) in [6.07, 6.45) is 0. The van der Waals surface area contributed by atoms with Gasteiger partial charge in [-0.1, -0.05) is 13.8 Å². The molecule has 0 fully saturated rings. The molecular formula is C12H23N2O2Ru+. The summed E-state index contributed by atoms with van der Waals surface area (Å²) in [6, 6.07) is 0. The summed E-state index contributed by atoms with van der Waals surface area (Å²) in [7, 11) is 0. The van der Waals surface area contributed by atoms with E-state index in [-0.39, 0.29) is 19.5 Å². The summed E-state index contributed by atoms with van der Waals surface area (Å²) in [5.74, 6) is 1.42. The smallest absolute Gasteiger partial charge is 0.545 e. The van der Waals surface area contributed by atoms with Gasteiger partial charge >= 0.3 is 19.5 Å². The van der Waals surface area contributed by atoms with Gasteiger partial charge in [-0.05, 0) is 0 Å². The van der Waals surface area contributed by atoms with E-state index in [4.69, 9.17) is 16.2 Å². The Morgan fingerprint density at radius 3 is 1.35 bits per heavy atom. The van der Waals surface area contributed by atoms with Crippen LogP contribution in [0.2, 0.25) is 0 Å². The molecule has 0 atom stereocenters. The van der Waals surface area contributed by atoms with Crippen LogP contribution in [0.5, 0.6) is 0 Å². The molecule has 0 radical (unpaired) electrons. The monoisotopic (exact) mass is 329 g/mol. The normalized spacial score (nSPS) is 6.94. The summed E-state index contributed by atoms with van der Waals surface area (Å²) in [6.45, 7) is 25.9. The van der Waals surface area contributed by atoms with Crippen molar-refractivity contribution in [3.8, 4) is 0 Å². The Kier molecular flexibility index (Phi) is 63.6. The molecule has 0 bridgehead atoms. The molecule has 0 N–H and O–H groups in total. The van der Waals surface area contributed by atoms with Crippen molar-refractivity contribution >= 4 is 13.6 Å². The van der Waals surface area contributed by atoms with Crippen LogP contribution in [0.4, 0.5) is 0 Å². The van der Waals surface area contributed by atoms with Gasteiger partial charge < -0.3 is 15.5 Å². The van der Waals surface area contributed by atoms with Gasteiger partial charge in [-0.2, -0.15) is 20.8 Å². The van der Waals surface area contributed by atoms with E-state index >= 15 is 0 Å². The van der Waals surface area contributed by atoms with Crippen molar-refractivity contribution in [2.24, 2.45) is 0 Å². The zero-order valence-electron chi connectivity index (χ0n) is 11.3. The third-order valence-corrected chi connectivity index (χ3v) is 1.17. The van der Waals surface area contributed by atoms with Crippen molar-refractivity contribution in [1.29, 1.82) is 0 Å². The number of hydrogen-bond acceptors (Lipinski definition) is 3. The molecular weight excluding hydrogens is 305 g/mol. The molecule has 0 aliphatic carbocycles. The average molecular weight is 328 g/mol. The third-order valence-electron chi connectivity index (χ3n) is 1.17. The average Bonchev–Trinajstić information content (AvgIpc) is 2.30. The standard InChI is InChI=1S/C6H12N2.C4H9.2CHO.Ru/c1-4-8(5-2)6-7-3;1-4(2)3;2*1-2;/h4-6H2,1-2H3;1-3H3;2*1H;/q;3*-1;+4. The minimum absolute atomic E-state index is 0. The molecule has 0 aliphatic rings. The second-order valence-electron chi connectivity index (χ2n) is 3.10. The summed E-state index contributed by atoms with van der Waals surface area (Å²) in [5.41, 5.74) is 0. The van der Waals surface area contributed by atoms with Gasteiger partial charge in [0.05, 0.1) is 0 Å². The van der Waals surface area contributed by atoms with Crippen molar-refractivity contribution in [2.75, 3.05) is 19.8 Å². The van der Waals surface area contributed by atoms with Gasteiger partial charge in [-0.15, -0.1) is 0 Å². The van der Waals surface area contributed by atoms with E-state index in [9.17, 15) is 0 Å². The van der Waals surface area contributed by atoms with Gasteiger partial charge in [0.25, 0.3) is 6.67 Å². The van der Waals surface area contributed by atoms with E-state index in [0.29, 0.717) is 6.67 Å². The van der Waals surface area contributed by atoms with Crippen molar-refractivity contribution in [3.05, 3.63) is 17.3 Å². The second kappa shape index (κ2) is 36.1. The van der Waals surface area contributed by atoms with Crippen molar-refractivity contribution < 1.29 is 29.1 Å². The SMILES string of the molecule is C[C-](C)C.[C-]#[N+]CN(CC)CC.[CH-]=O.[CH-]=O.[Ru+4]. The van der Waals surface area contributed by atoms with Crippen LogP contribution in [0.15, 0.2) is 0 Å². The fourth-order valence-electron chi connectivity index (χ4n) is 0.524. The molecule has 0 saturated heterocycles. The zero-order valence-corrected chi connectivity index (χ0v) is 13.1. The van der Waals surface area contributed by atoms with Gasteiger partial charge in [-0.3, -0.25) is 18.4 Å². The maximum absolute atomic E-state index is 7.75. The van der Waals surface area contributed by atoms with Crippen LogP contribution in [-0.4, -0.2) is 38.2 Å². The topological polar surface area (TPSA) is 41.7 Å². The minimum atomic E-state index is 0. The van der Waals surface area contributed by atoms with Gasteiger partial charge in [0.2, 0.25) is 0 Å². The molecule has 0 aliphatic heterocycles. The van der Waals surface area contributed by atoms with Gasteiger partial charge in [-0.25, -0.2) is 11.5 Å². The fraction of sp³-hybridized carbons (Fsp3) is 0.667. The van der Waals surface area contributed by atoms with E-state index < -0.39 is 0 Å². The van der Waals surface area contributed by atoms with Crippen LogP contribution in [0.3, 0.4) is 0 Å². The summed E-state index contributed by atoms with van der Waals surface area (Å²) in [4.78, 5) is 20.8. The molecule has 0 spiro atoms. The Morgan fingerprint density at radius 2 is 1.29 bits per heavy atom. The molecule has 0 unspecified atom stereocenters. The van der Waals surface area contributed by atoms with Gasteiger partial charge in [0, 0.05) is 13.1 Å². The van der Waals surface area contributed by atoms with Crippen molar-refractivity contribution in [2.45, 2.75) is 34.6 Å². The van der Waals surface area contributed by atoms with E-state index in [1.165, 1.54) is 5.92 Å². The van der Waals surface area contributed by atoms with Crippen molar-refractivity contribution in [1.82, 2.24) is 4.90 Å². The van der Waals surface area contributed by atoms with Gasteiger partial charge in [0.1, 0.15) is 0 Å². The van der Waals surface area contributed by atoms with Crippen LogP contribution in [0, 0.1) is 12.5 Å². The largest absolute Gasteiger partial charge is 4.00 e. The molecule has 17 heavy (non-hydrogen) atoms. The minimum Gasteiger partial charge on any atom is -0.545 e. The van der Waals surface area contributed by atoms with Crippen molar-refractivity contribution in [3.63, 3.8) is 0 Å². The first-order chi connectivity index (χ1) is 7.58. The van der Waals surface area contributed by atoms with Gasteiger partial charge in [0.15, 0.2) is 0 Å². The van der Waals surface area contributed by atoms with Crippen LogP contribution in [-0.2, 0) is 29.1 Å². The number of rotatable bonds is 3. The molecule has 100 valence electrons. The predicted octanol–water partition coefficient (Wildman–Crippen LogP) is 2.27. The van der Waals surface area contributed by atoms with E-state index in [0.717, 1.165) is 13.1 Å². The third kappa shape index (κ3) is 67.4. The Morgan fingerprint density at radius 1 is 1.06 bits per heavy atom. The molecule has 4 nitrogen and oxygen atoms in total. The molecule has 0 saturated carbocycles. The molecule has 0 aromatic rings. The molecule has 5 heteroatoms. The molecule has 0 heterocycles. The van der Waals surface area contributed by atoms with Crippen LogP contribution < -0.4 is 0 Å². The maximum Gasteiger partial charge on any atom is 4.00 e. The van der Waals surface area contributed by atoms with Crippen LogP contribution in [0.1, 0.15) is 34.6 Å². The van der Waals surface area contributed by atoms with Crippen LogP contribution in [0.25, 0.3) is 4.85 Å². The predicted molar refractivity (Wildman–Crippen MR) is 68.2 cm³/mol. The Balaban J connectivity index is -0.0000000457. The second-order valence-corrected chi connectivity index (χ2v) is 3.10. The Bertz CT molecular complexity index is 141. The number of hydrogen-bond donors (Lipinski definition) is 0. The van der Waals surface area contributed by atoms with E-state index in [1.807, 2.05) is 0 Å². The molecule has 0 aromatic carbocycles. The first-order valence-electron chi connectivity index (χ1n) is 4.87. The molecule has 0 amide bonds. The fourth-order valence-corrected chi connectivity index (χ4v) is 0.524. The number of carbonyl (C=O) groups excluding carboxylic acids is 2. The summed E-state index contributed by atoms with van der Waals surface area (Å²) >= 11 is 0. The zero-order chi connectivity index (χ0) is 14.0.